The van der Waals surface area contributed by atoms with Crippen molar-refractivity contribution < 1.29 is 32.3 Å². The van der Waals surface area contributed by atoms with Gasteiger partial charge in [0.15, 0.2) is 5.58 Å². The van der Waals surface area contributed by atoms with E-state index >= 15 is 0 Å². The van der Waals surface area contributed by atoms with Crippen LogP contribution >= 0.6 is 12.4 Å². The van der Waals surface area contributed by atoms with E-state index in [0.29, 0.717) is 37.2 Å². The molecule has 2 N–H and O–H groups in total. The number of aryl methyl sites for hydroxylation is 1. The molecule has 2 atom stereocenters. The van der Waals surface area contributed by atoms with E-state index in [1.54, 1.807) is 11.0 Å². The molecule has 0 saturated carbocycles. The van der Waals surface area contributed by atoms with Gasteiger partial charge in [0.1, 0.15) is 12.0 Å². The molecule has 0 spiro atoms. The Labute approximate surface area is 188 Å². The van der Waals surface area contributed by atoms with Crippen LogP contribution in [0.25, 0.3) is 11.0 Å². The first kappa shape index (κ1) is 24.4. The molecule has 32 heavy (non-hydrogen) atoms. The Morgan fingerprint density at radius 3 is 2.69 bits per heavy atom. The summed E-state index contributed by atoms with van der Waals surface area (Å²) in [5, 5.41) is 26.2. The first-order chi connectivity index (χ1) is 14.7. The van der Waals surface area contributed by atoms with Crippen LogP contribution in [0.1, 0.15) is 36.1 Å². The molecule has 10 heteroatoms. The van der Waals surface area contributed by atoms with Crippen molar-refractivity contribution in [3.8, 4) is 0 Å². The number of piperidine rings is 1. The van der Waals surface area contributed by atoms with E-state index in [-0.39, 0.29) is 30.8 Å². The number of hydrogen-bond acceptors (Lipinski definition) is 5. The van der Waals surface area contributed by atoms with Gasteiger partial charge in [-0.05, 0) is 49.1 Å². The standard InChI is InChI=1S/C22H22F4N2O3.ClH/c23-16-6-7-17-18(27-31-19(17)12-16)5-2-9-28-10-8-21(30,13-20(28)29)14-3-1-4-15(11-14)22(24,25)26;/h1,3-4,6-7,11-12,20,29-30H,2,5,8-10,13H2;1H. The summed E-state index contributed by atoms with van der Waals surface area (Å²) in [4.78, 5) is 1.78. The number of benzene rings is 2. The maximum Gasteiger partial charge on any atom is 0.416 e. The number of hydrogen-bond donors (Lipinski definition) is 2. The second-order valence-electron chi connectivity index (χ2n) is 7.95. The summed E-state index contributed by atoms with van der Waals surface area (Å²) in [7, 11) is 0. The van der Waals surface area contributed by atoms with Gasteiger partial charge in [0.2, 0.25) is 0 Å². The molecule has 4 rings (SSSR count). The maximum absolute atomic E-state index is 13.3. The second-order valence-corrected chi connectivity index (χ2v) is 7.95. The van der Waals surface area contributed by atoms with E-state index in [1.165, 1.54) is 24.3 Å². The van der Waals surface area contributed by atoms with Crippen LogP contribution < -0.4 is 0 Å². The summed E-state index contributed by atoms with van der Waals surface area (Å²) >= 11 is 0. The Morgan fingerprint density at radius 2 is 1.97 bits per heavy atom. The molecule has 0 aliphatic carbocycles. The predicted molar refractivity (Wildman–Crippen MR) is 112 cm³/mol. The van der Waals surface area contributed by atoms with Crippen LogP contribution in [0.2, 0.25) is 0 Å². The first-order valence-corrected chi connectivity index (χ1v) is 10.0. The van der Waals surface area contributed by atoms with E-state index in [9.17, 15) is 27.8 Å². The van der Waals surface area contributed by atoms with Gasteiger partial charge in [-0.15, -0.1) is 12.4 Å². The van der Waals surface area contributed by atoms with Crippen LogP contribution in [0.5, 0.6) is 0 Å². The summed E-state index contributed by atoms with van der Waals surface area (Å²) in [6, 6.07) is 8.85. The molecule has 1 aromatic heterocycles. The molecule has 1 aliphatic rings. The number of likely N-dealkylation sites (tertiary alicyclic amines) is 1. The molecule has 0 bridgehead atoms. The minimum Gasteiger partial charge on any atom is -0.385 e. The third-order valence-corrected chi connectivity index (χ3v) is 5.85. The highest BCUT2D eigenvalue weighted by atomic mass is 35.5. The molecule has 1 fully saturated rings. The van der Waals surface area contributed by atoms with Crippen molar-refractivity contribution in [1.29, 1.82) is 0 Å². The molecule has 0 amide bonds. The van der Waals surface area contributed by atoms with Crippen molar-refractivity contribution in [2.24, 2.45) is 0 Å². The second kappa shape index (κ2) is 9.35. The number of rotatable bonds is 5. The molecule has 0 radical (unpaired) electrons. The zero-order valence-corrected chi connectivity index (χ0v) is 17.8. The number of alkyl halides is 3. The third-order valence-electron chi connectivity index (χ3n) is 5.85. The lowest BCUT2D eigenvalue weighted by atomic mass is 9.83. The molecular weight excluding hydrogens is 452 g/mol. The van der Waals surface area contributed by atoms with Gasteiger partial charge in [0.05, 0.1) is 16.9 Å². The normalized spacial score (nSPS) is 22.1. The van der Waals surface area contributed by atoms with Crippen molar-refractivity contribution in [2.45, 2.75) is 43.7 Å². The van der Waals surface area contributed by atoms with E-state index in [4.69, 9.17) is 4.52 Å². The number of aromatic nitrogens is 1. The average Bonchev–Trinajstić information content (AvgIpc) is 3.11. The third kappa shape index (κ3) is 5.06. The van der Waals surface area contributed by atoms with Gasteiger partial charge in [-0.2, -0.15) is 13.2 Å². The van der Waals surface area contributed by atoms with Crippen molar-refractivity contribution in [2.75, 3.05) is 13.1 Å². The van der Waals surface area contributed by atoms with Crippen LogP contribution in [-0.4, -0.2) is 39.6 Å². The quantitative estimate of drug-likeness (QED) is 0.527. The Balaban J connectivity index is 0.00000289. The zero-order valence-electron chi connectivity index (χ0n) is 17.0. The van der Waals surface area contributed by atoms with Gasteiger partial charge in [-0.1, -0.05) is 17.3 Å². The van der Waals surface area contributed by atoms with Gasteiger partial charge in [0.25, 0.3) is 0 Å². The van der Waals surface area contributed by atoms with Gasteiger partial charge >= 0.3 is 6.18 Å². The average molecular weight is 475 g/mol. The summed E-state index contributed by atoms with van der Waals surface area (Å²) in [5.41, 5.74) is -1.12. The summed E-state index contributed by atoms with van der Waals surface area (Å²) in [5.74, 6) is -0.403. The minimum absolute atomic E-state index is 0. The molecule has 2 heterocycles. The number of nitrogens with zero attached hydrogens (tertiary/aromatic N) is 2. The van der Waals surface area contributed by atoms with Gasteiger partial charge < -0.3 is 14.7 Å². The van der Waals surface area contributed by atoms with Crippen molar-refractivity contribution in [3.05, 3.63) is 65.1 Å². The predicted octanol–water partition coefficient (Wildman–Crippen LogP) is 4.64. The fourth-order valence-corrected chi connectivity index (χ4v) is 4.11. The lowest BCUT2D eigenvalue weighted by Gasteiger charge is -2.42. The summed E-state index contributed by atoms with van der Waals surface area (Å²) < 4.78 is 57.4. The molecule has 2 aromatic carbocycles. The number of fused-ring (bicyclic) bond motifs is 1. The Bertz CT molecular complexity index is 1070. The summed E-state index contributed by atoms with van der Waals surface area (Å²) in [6.07, 6.45) is -4.17. The van der Waals surface area contributed by atoms with Crippen molar-refractivity contribution in [1.82, 2.24) is 10.1 Å². The molecule has 2 unspecified atom stereocenters. The largest absolute Gasteiger partial charge is 0.416 e. The number of aliphatic hydroxyl groups excluding tert-OH is 1. The lowest BCUT2D eigenvalue weighted by molar-refractivity contribution is -0.138. The maximum atomic E-state index is 13.3. The van der Waals surface area contributed by atoms with Gasteiger partial charge in [-0.3, -0.25) is 4.90 Å². The van der Waals surface area contributed by atoms with Crippen molar-refractivity contribution >= 4 is 23.4 Å². The van der Waals surface area contributed by atoms with E-state index in [1.807, 2.05) is 0 Å². The first-order valence-electron chi connectivity index (χ1n) is 10.0. The highest BCUT2D eigenvalue weighted by molar-refractivity contribution is 5.85. The molecule has 3 aromatic rings. The Kier molecular flexibility index (Phi) is 7.14. The molecular formula is C22H23ClF4N2O3. The van der Waals surface area contributed by atoms with Crippen LogP contribution in [-0.2, 0) is 18.2 Å². The van der Waals surface area contributed by atoms with Crippen LogP contribution in [0.3, 0.4) is 0 Å². The molecule has 5 nitrogen and oxygen atoms in total. The van der Waals surface area contributed by atoms with E-state index in [2.05, 4.69) is 5.16 Å². The molecule has 174 valence electrons. The molecule has 1 saturated heterocycles. The topological polar surface area (TPSA) is 69.7 Å². The monoisotopic (exact) mass is 474 g/mol. The van der Waals surface area contributed by atoms with Crippen molar-refractivity contribution in [3.63, 3.8) is 0 Å². The molecule has 1 aliphatic heterocycles. The Morgan fingerprint density at radius 1 is 1.19 bits per heavy atom. The highest BCUT2D eigenvalue weighted by Crippen LogP contribution is 2.38. The number of aliphatic hydroxyl groups is 2. The summed E-state index contributed by atoms with van der Waals surface area (Å²) in [6.45, 7) is 0.841. The number of halogens is 5. The van der Waals surface area contributed by atoms with E-state index < -0.39 is 29.4 Å². The smallest absolute Gasteiger partial charge is 0.385 e. The van der Waals surface area contributed by atoms with Crippen LogP contribution in [0.4, 0.5) is 17.6 Å². The lowest BCUT2D eigenvalue weighted by Crippen LogP contribution is -2.49. The van der Waals surface area contributed by atoms with Gasteiger partial charge in [0, 0.05) is 31.0 Å². The fourth-order valence-electron chi connectivity index (χ4n) is 4.11. The van der Waals surface area contributed by atoms with Crippen LogP contribution in [0, 0.1) is 5.82 Å². The minimum atomic E-state index is -4.50. The van der Waals surface area contributed by atoms with Gasteiger partial charge in [-0.25, -0.2) is 4.39 Å². The fraction of sp³-hybridized carbons (Fsp3) is 0.409. The zero-order chi connectivity index (χ0) is 22.2. The van der Waals surface area contributed by atoms with E-state index in [0.717, 1.165) is 17.5 Å². The SMILES string of the molecule is Cl.OC1CC(O)(c2cccc(C(F)(F)F)c2)CCN1CCCc1noc2cc(F)ccc12. The Hall–Kier alpha value is -2.20. The highest BCUT2D eigenvalue weighted by Gasteiger charge is 2.40. The van der Waals surface area contributed by atoms with Crippen LogP contribution in [0.15, 0.2) is 47.0 Å².